The minimum atomic E-state index is 0.651. The van der Waals surface area contributed by atoms with E-state index in [4.69, 9.17) is 0 Å². The van der Waals surface area contributed by atoms with Crippen LogP contribution in [0.5, 0.6) is 0 Å². The third-order valence-corrected chi connectivity index (χ3v) is 1.63. The van der Waals surface area contributed by atoms with E-state index in [1.54, 1.807) is 29.5 Å². The highest BCUT2D eigenvalue weighted by Gasteiger charge is 1.96. The summed E-state index contributed by atoms with van der Waals surface area (Å²) in [6, 6.07) is 2.87. The van der Waals surface area contributed by atoms with Crippen LogP contribution in [0.15, 0.2) is 24.8 Å². The van der Waals surface area contributed by atoms with E-state index in [-0.39, 0.29) is 0 Å². The number of nitrogens with zero attached hydrogens (tertiary/aromatic N) is 4. The number of rotatable bonds is 2. The fraction of sp³-hybridized carbons (Fsp3) is 0.222. The van der Waals surface area contributed by atoms with Gasteiger partial charge in [-0.25, -0.2) is 0 Å². The quantitative estimate of drug-likeness (QED) is 0.675. The Bertz CT molecular complexity index is 380. The van der Waals surface area contributed by atoms with Crippen LogP contribution in [0.2, 0.25) is 0 Å². The predicted molar refractivity (Wildman–Crippen MR) is 46.9 cm³/mol. The van der Waals surface area contributed by atoms with Crippen molar-refractivity contribution in [1.82, 2.24) is 19.7 Å². The Hall–Kier alpha value is -1.71. The summed E-state index contributed by atoms with van der Waals surface area (Å²) in [4.78, 5) is 8.36. The molecule has 0 bridgehead atoms. The Morgan fingerprint density at radius 2 is 2.38 bits per heavy atom. The van der Waals surface area contributed by atoms with Crippen LogP contribution in [0.4, 0.5) is 0 Å². The van der Waals surface area contributed by atoms with Crippen molar-refractivity contribution in [2.75, 3.05) is 0 Å². The largest absolute Gasteiger partial charge is 0.266 e. The van der Waals surface area contributed by atoms with Gasteiger partial charge in [-0.05, 0) is 6.92 Å². The SMILES string of the molecule is Cc1cncc(Cn2c[c]cn2)n1. The third kappa shape index (κ3) is 1.90. The predicted octanol–water partition coefficient (Wildman–Crippen LogP) is 0.830. The molecule has 0 N–H and O–H groups in total. The zero-order valence-electron chi connectivity index (χ0n) is 7.31. The van der Waals surface area contributed by atoms with Crippen molar-refractivity contribution in [3.05, 3.63) is 42.2 Å². The number of aromatic nitrogens is 4. The fourth-order valence-corrected chi connectivity index (χ4v) is 1.10. The summed E-state index contributed by atoms with van der Waals surface area (Å²) in [5.41, 5.74) is 1.84. The molecular formula is C9H9N4. The highest BCUT2D eigenvalue weighted by molar-refractivity contribution is 5.01. The van der Waals surface area contributed by atoms with E-state index in [2.05, 4.69) is 21.1 Å². The van der Waals surface area contributed by atoms with Gasteiger partial charge in [-0.2, -0.15) is 5.10 Å². The Kier molecular flexibility index (Phi) is 2.04. The van der Waals surface area contributed by atoms with E-state index >= 15 is 0 Å². The molecule has 0 saturated carbocycles. The summed E-state index contributed by atoms with van der Waals surface area (Å²) >= 11 is 0. The molecule has 4 heteroatoms. The first-order chi connectivity index (χ1) is 6.34. The number of hydrogen-bond acceptors (Lipinski definition) is 3. The van der Waals surface area contributed by atoms with Gasteiger partial charge < -0.3 is 0 Å². The lowest BCUT2D eigenvalue weighted by Gasteiger charge is -2.00. The highest BCUT2D eigenvalue weighted by atomic mass is 15.3. The molecule has 2 rings (SSSR count). The van der Waals surface area contributed by atoms with Crippen LogP contribution in [0.1, 0.15) is 11.4 Å². The molecule has 4 nitrogen and oxygen atoms in total. The number of hydrogen-bond donors (Lipinski definition) is 0. The van der Waals surface area contributed by atoms with Crippen LogP contribution >= 0.6 is 0 Å². The van der Waals surface area contributed by atoms with Gasteiger partial charge in [-0.3, -0.25) is 14.6 Å². The van der Waals surface area contributed by atoms with E-state index in [0.29, 0.717) is 6.54 Å². The van der Waals surface area contributed by atoms with Crippen molar-refractivity contribution in [1.29, 1.82) is 0 Å². The van der Waals surface area contributed by atoms with E-state index in [9.17, 15) is 0 Å². The lowest BCUT2D eigenvalue weighted by atomic mass is 10.4. The van der Waals surface area contributed by atoms with E-state index < -0.39 is 0 Å². The van der Waals surface area contributed by atoms with Gasteiger partial charge in [0.15, 0.2) is 0 Å². The molecule has 65 valence electrons. The Balaban J connectivity index is 2.19. The normalized spacial score (nSPS) is 10.2. The summed E-state index contributed by atoms with van der Waals surface area (Å²) in [5, 5.41) is 4.03. The first-order valence-electron chi connectivity index (χ1n) is 4.00. The zero-order valence-corrected chi connectivity index (χ0v) is 7.31. The monoisotopic (exact) mass is 173 g/mol. The summed E-state index contributed by atoms with van der Waals surface area (Å²) < 4.78 is 1.77. The first-order valence-corrected chi connectivity index (χ1v) is 4.00. The van der Waals surface area contributed by atoms with E-state index in [1.165, 1.54) is 0 Å². The summed E-state index contributed by atoms with van der Waals surface area (Å²) in [6.07, 6.45) is 6.89. The zero-order chi connectivity index (χ0) is 9.10. The second-order valence-corrected chi connectivity index (χ2v) is 2.79. The molecule has 0 aliphatic carbocycles. The van der Waals surface area contributed by atoms with E-state index in [0.717, 1.165) is 11.4 Å². The molecule has 0 atom stereocenters. The first kappa shape index (κ1) is 7.91. The molecule has 0 aliphatic rings. The second kappa shape index (κ2) is 3.35. The van der Waals surface area contributed by atoms with Gasteiger partial charge in [-0.1, -0.05) is 0 Å². The third-order valence-electron chi connectivity index (χ3n) is 1.63. The van der Waals surface area contributed by atoms with Crippen molar-refractivity contribution in [2.45, 2.75) is 13.5 Å². The molecule has 0 aliphatic heterocycles. The lowest BCUT2D eigenvalue weighted by Crippen LogP contribution is -2.03. The molecule has 13 heavy (non-hydrogen) atoms. The highest BCUT2D eigenvalue weighted by Crippen LogP contribution is 1.97. The minimum absolute atomic E-state index is 0.651. The van der Waals surface area contributed by atoms with Crippen molar-refractivity contribution in [3.8, 4) is 0 Å². The van der Waals surface area contributed by atoms with Crippen LogP contribution in [0.3, 0.4) is 0 Å². The molecule has 0 amide bonds. The van der Waals surface area contributed by atoms with Gasteiger partial charge in [0.1, 0.15) is 0 Å². The smallest absolute Gasteiger partial charge is 0.0847 e. The van der Waals surface area contributed by atoms with Crippen LogP contribution in [0.25, 0.3) is 0 Å². The van der Waals surface area contributed by atoms with Gasteiger partial charge in [0.2, 0.25) is 0 Å². The van der Waals surface area contributed by atoms with Crippen molar-refractivity contribution >= 4 is 0 Å². The topological polar surface area (TPSA) is 43.6 Å². The van der Waals surface area contributed by atoms with Gasteiger partial charge >= 0.3 is 0 Å². The maximum atomic E-state index is 4.31. The van der Waals surface area contributed by atoms with Gasteiger partial charge in [-0.15, -0.1) is 0 Å². The Morgan fingerprint density at radius 3 is 3.08 bits per heavy atom. The molecule has 0 unspecified atom stereocenters. The average molecular weight is 173 g/mol. The fourth-order valence-electron chi connectivity index (χ4n) is 1.10. The maximum absolute atomic E-state index is 4.31. The van der Waals surface area contributed by atoms with E-state index in [1.807, 2.05) is 6.92 Å². The summed E-state index contributed by atoms with van der Waals surface area (Å²) in [6.45, 7) is 2.57. The lowest BCUT2D eigenvalue weighted by molar-refractivity contribution is 0.667. The van der Waals surface area contributed by atoms with Crippen LogP contribution in [0, 0.1) is 13.0 Å². The van der Waals surface area contributed by atoms with Crippen LogP contribution in [-0.2, 0) is 6.54 Å². The standard InChI is InChI=1S/C9H9N4/c1-8-5-10-6-9(12-8)7-13-4-2-3-11-13/h3-6H,7H2,1H3. The Labute approximate surface area is 76.3 Å². The minimum Gasteiger partial charge on any atom is -0.266 e. The molecule has 0 aromatic carbocycles. The molecule has 2 aromatic heterocycles. The van der Waals surface area contributed by atoms with Crippen molar-refractivity contribution < 1.29 is 0 Å². The van der Waals surface area contributed by atoms with Crippen molar-refractivity contribution in [2.24, 2.45) is 0 Å². The summed E-state index contributed by atoms with van der Waals surface area (Å²) in [7, 11) is 0. The molecule has 2 heterocycles. The molecule has 1 radical (unpaired) electrons. The molecule has 0 saturated heterocycles. The van der Waals surface area contributed by atoms with Crippen LogP contribution in [-0.4, -0.2) is 19.7 Å². The molecule has 0 fully saturated rings. The van der Waals surface area contributed by atoms with Gasteiger partial charge in [0.25, 0.3) is 0 Å². The average Bonchev–Trinajstić information content (AvgIpc) is 2.57. The maximum Gasteiger partial charge on any atom is 0.0847 e. The molecule has 2 aromatic rings. The summed E-state index contributed by atoms with van der Waals surface area (Å²) in [5.74, 6) is 0. The van der Waals surface area contributed by atoms with Crippen LogP contribution < -0.4 is 0 Å². The Morgan fingerprint density at radius 1 is 1.46 bits per heavy atom. The van der Waals surface area contributed by atoms with Crippen molar-refractivity contribution in [3.63, 3.8) is 0 Å². The van der Waals surface area contributed by atoms with Gasteiger partial charge in [0.05, 0.1) is 30.3 Å². The second-order valence-electron chi connectivity index (χ2n) is 2.79. The molecule has 0 spiro atoms. The molecular weight excluding hydrogens is 164 g/mol. The number of aryl methyl sites for hydroxylation is 1. The van der Waals surface area contributed by atoms with Gasteiger partial charge in [0, 0.05) is 18.5 Å².